The molecular formula is C16H26O. The zero-order chi connectivity index (χ0) is 12.7. The largest absolute Gasteiger partial charge is 0.508 e. The highest BCUT2D eigenvalue weighted by Crippen LogP contribution is 2.34. The molecule has 17 heavy (non-hydrogen) atoms. The molecule has 0 aromatic heterocycles. The Morgan fingerprint density at radius 1 is 1.24 bits per heavy atom. The summed E-state index contributed by atoms with van der Waals surface area (Å²) >= 11 is 0. The summed E-state index contributed by atoms with van der Waals surface area (Å²) in [5.41, 5.74) is 2.25. The molecule has 0 fully saturated rings. The van der Waals surface area contributed by atoms with E-state index in [-0.39, 0.29) is 0 Å². The number of allylic oxidation sites excluding steroid dienone is 4. The fourth-order valence-corrected chi connectivity index (χ4v) is 2.53. The van der Waals surface area contributed by atoms with E-state index < -0.39 is 0 Å². The third-order valence-corrected chi connectivity index (χ3v) is 3.52. The van der Waals surface area contributed by atoms with Gasteiger partial charge >= 0.3 is 0 Å². The fourth-order valence-electron chi connectivity index (χ4n) is 2.53. The van der Waals surface area contributed by atoms with Crippen LogP contribution in [-0.4, -0.2) is 5.11 Å². The van der Waals surface area contributed by atoms with Crippen LogP contribution in [0.4, 0.5) is 0 Å². The molecule has 0 aliphatic heterocycles. The molecule has 1 aliphatic carbocycles. The molecule has 0 bridgehead atoms. The fraction of sp³-hybridized carbons (Fsp3) is 0.625. The van der Waals surface area contributed by atoms with Crippen molar-refractivity contribution in [1.82, 2.24) is 0 Å². The van der Waals surface area contributed by atoms with Gasteiger partial charge in [0, 0.05) is 0 Å². The van der Waals surface area contributed by atoms with Crippen molar-refractivity contribution in [2.45, 2.75) is 58.8 Å². The van der Waals surface area contributed by atoms with Crippen LogP contribution in [0.15, 0.2) is 35.6 Å². The van der Waals surface area contributed by atoms with E-state index in [1.54, 1.807) is 0 Å². The molecule has 1 heteroatoms. The Bertz CT molecular complexity index is 301. The first-order valence-corrected chi connectivity index (χ1v) is 6.98. The number of hydrogen-bond donors (Lipinski definition) is 1. The van der Waals surface area contributed by atoms with E-state index >= 15 is 0 Å². The summed E-state index contributed by atoms with van der Waals surface area (Å²) in [6, 6.07) is 0. The average Bonchev–Trinajstić information content (AvgIpc) is 2.31. The zero-order valence-electron chi connectivity index (χ0n) is 11.3. The summed E-state index contributed by atoms with van der Waals surface area (Å²) in [5.74, 6) is 0.964. The number of aliphatic hydroxyl groups is 1. The summed E-state index contributed by atoms with van der Waals surface area (Å²) in [7, 11) is 0. The molecule has 0 aromatic rings. The molecule has 0 atom stereocenters. The highest BCUT2D eigenvalue weighted by molar-refractivity contribution is 5.42. The summed E-state index contributed by atoms with van der Waals surface area (Å²) in [6.07, 6.45) is 12.0. The van der Waals surface area contributed by atoms with Crippen LogP contribution in [-0.2, 0) is 0 Å². The van der Waals surface area contributed by atoms with Gasteiger partial charge in [-0.15, -0.1) is 0 Å². The Balaban J connectivity index is 2.79. The number of rotatable bonds is 7. The van der Waals surface area contributed by atoms with Crippen LogP contribution >= 0.6 is 0 Å². The van der Waals surface area contributed by atoms with Crippen molar-refractivity contribution in [2.75, 3.05) is 0 Å². The lowest BCUT2D eigenvalue weighted by atomic mass is 9.81. The van der Waals surface area contributed by atoms with Gasteiger partial charge in [-0.25, -0.2) is 0 Å². The monoisotopic (exact) mass is 234 g/mol. The van der Waals surface area contributed by atoms with E-state index in [0.717, 1.165) is 17.6 Å². The molecule has 0 radical (unpaired) electrons. The summed E-state index contributed by atoms with van der Waals surface area (Å²) in [6.45, 7) is 8.56. The highest BCUT2D eigenvalue weighted by Gasteiger charge is 2.20. The summed E-state index contributed by atoms with van der Waals surface area (Å²) in [5, 5.41) is 10.0. The van der Waals surface area contributed by atoms with Gasteiger partial charge in [-0.2, -0.15) is 0 Å². The Labute approximate surface area is 106 Å². The maximum absolute atomic E-state index is 10.0. The van der Waals surface area contributed by atoms with Gasteiger partial charge in [0.2, 0.25) is 0 Å². The van der Waals surface area contributed by atoms with Crippen molar-refractivity contribution in [3.8, 4) is 0 Å². The molecular weight excluding hydrogens is 208 g/mol. The van der Waals surface area contributed by atoms with E-state index in [1.165, 1.54) is 38.5 Å². The van der Waals surface area contributed by atoms with Crippen molar-refractivity contribution in [2.24, 2.45) is 5.92 Å². The topological polar surface area (TPSA) is 20.2 Å². The smallest absolute Gasteiger partial charge is 0.119 e. The van der Waals surface area contributed by atoms with Gasteiger partial charge in [0.1, 0.15) is 5.76 Å². The minimum absolute atomic E-state index is 0.457. The zero-order valence-corrected chi connectivity index (χ0v) is 11.3. The standard InChI is InChI=1S/C16H26O/c1-4-6-10-14(11-7-5-2)16-13(3)9-8-12-15(16)17/h8,12,14,17H,3-7,9-11H2,1-2H3. The second-order valence-corrected chi connectivity index (χ2v) is 4.99. The Kier molecular flexibility index (Phi) is 6.10. The molecule has 0 amide bonds. The molecule has 0 unspecified atom stereocenters. The first-order valence-electron chi connectivity index (χ1n) is 6.98. The SMILES string of the molecule is C=C1CC=CC(O)=C1C(CCCC)CCCC. The molecule has 1 aliphatic rings. The van der Waals surface area contributed by atoms with E-state index in [1.807, 2.05) is 12.2 Å². The molecule has 1 nitrogen and oxygen atoms in total. The first-order chi connectivity index (χ1) is 8.20. The van der Waals surface area contributed by atoms with Gasteiger partial charge in [0.25, 0.3) is 0 Å². The Morgan fingerprint density at radius 3 is 2.29 bits per heavy atom. The van der Waals surface area contributed by atoms with E-state index in [2.05, 4.69) is 20.4 Å². The second kappa shape index (κ2) is 7.37. The Hall–Kier alpha value is -0.980. The highest BCUT2D eigenvalue weighted by atomic mass is 16.3. The molecule has 96 valence electrons. The molecule has 0 aromatic carbocycles. The number of unbranched alkanes of at least 4 members (excludes halogenated alkanes) is 2. The van der Waals surface area contributed by atoms with Crippen LogP contribution in [0.2, 0.25) is 0 Å². The third-order valence-electron chi connectivity index (χ3n) is 3.52. The minimum Gasteiger partial charge on any atom is -0.508 e. The predicted molar refractivity (Wildman–Crippen MR) is 75.1 cm³/mol. The van der Waals surface area contributed by atoms with Crippen LogP contribution in [0.25, 0.3) is 0 Å². The minimum atomic E-state index is 0.457. The van der Waals surface area contributed by atoms with Gasteiger partial charge in [0.05, 0.1) is 0 Å². The quantitative estimate of drug-likeness (QED) is 0.632. The predicted octanol–water partition coefficient (Wildman–Crippen LogP) is 5.31. The molecule has 0 saturated carbocycles. The van der Waals surface area contributed by atoms with Gasteiger partial charge < -0.3 is 5.11 Å². The lowest BCUT2D eigenvalue weighted by Crippen LogP contribution is -2.11. The lowest BCUT2D eigenvalue weighted by molar-refractivity contribution is 0.395. The van der Waals surface area contributed by atoms with Crippen LogP contribution in [0.1, 0.15) is 58.8 Å². The van der Waals surface area contributed by atoms with Crippen LogP contribution in [0.3, 0.4) is 0 Å². The summed E-state index contributed by atoms with van der Waals surface area (Å²) in [4.78, 5) is 0. The normalized spacial score (nSPS) is 16.1. The molecule has 0 saturated heterocycles. The van der Waals surface area contributed by atoms with Crippen molar-refractivity contribution < 1.29 is 5.11 Å². The van der Waals surface area contributed by atoms with Gasteiger partial charge in [0.15, 0.2) is 0 Å². The van der Waals surface area contributed by atoms with E-state index in [0.29, 0.717) is 11.7 Å². The number of hydrogen-bond acceptors (Lipinski definition) is 1. The molecule has 0 spiro atoms. The molecule has 0 heterocycles. The van der Waals surface area contributed by atoms with E-state index in [9.17, 15) is 5.11 Å². The van der Waals surface area contributed by atoms with Crippen LogP contribution in [0, 0.1) is 5.92 Å². The molecule has 1 rings (SSSR count). The van der Waals surface area contributed by atoms with E-state index in [4.69, 9.17) is 0 Å². The van der Waals surface area contributed by atoms with Crippen molar-refractivity contribution in [3.63, 3.8) is 0 Å². The van der Waals surface area contributed by atoms with Crippen molar-refractivity contribution >= 4 is 0 Å². The third kappa shape index (κ3) is 4.07. The lowest BCUT2D eigenvalue weighted by Gasteiger charge is -2.24. The maximum atomic E-state index is 10.0. The first kappa shape index (κ1) is 14.1. The Morgan fingerprint density at radius 2 is 1.82 bits per heavy atom. The van der Waals surface area contributed by atoms with Gasteiger partial charge in [-0.3, -0.25) is 0 Å². The average molecular weight is 234 g/mol. The maximum Gasteiger partial charge on any atom is 0.119 e. The van der Waals surface area contributed by atoms with Crippen LogP contribution < -0.4 is 0 Å². The van der Waals surface area contributed by atoms with Crippen molar-refractivity contribution in [1.29, 1.82) is 0 Å². The number of aliphatic hydroxyl groups excluding tert-OH is 1. The molecule has 1 N–H and O–H groups in total. The second-order valence-electron chi connectivity index (χ2n) is 4.99. The summed E-state index contributed by atoms with van der Waals surface area (Å²) < 4.78 is 0. The van der Waals surface area contributed by atoms with Crippen LogP contribution in [0.5, 0.6) is 0 Å². The van der Waals surface area contributed by atoms with Crippen molar-refractivity contribution in [3.05, 3.63) is 35.6 Å². The van der Waals surface area contributed by atoms with Gasteiger partial charge in [-0.05, 0) is 42.4 Å². The van der Waals surface area contributed by atoms with Gasteiger partial charge in [-0.1, -0.05) is 52.2 Å².